The van der Waals surface area contributed by atoms with Crippen molar-refractivity contribution in [2.45, 2.75) is 27.3 Å². The van der Waals surface area contributed by atoms with E-state index in [4.69, 9.17) is 5.73 Å². The molecule has 0 amide bonds. The Balaban J connectivity index is 2.57. The highest BCUT2D eigenvalue weighted by atomic mass is 32.1. The van der Waals surface area contributed by atoms with E-state index in [2.05, 4.69) is 4.98 Å². The molecule has 0 aliphatic rings. The fraction of sp³-hybridized carbons (Fsp3) is 0.182. The van der Waals surface area contributed by atoms with Gasteiger partial charge in [0, 0.05) is 28.6 Å². The molecule has 0 fully saturated rings. The molecule has 0 unspecified atom stereocenters. The predicted octanol–water partition coefficient (Wildman–Crippen LogP) is 4.15. The Morgan fingerprint density at radius 1 is 0.967 bits per heavy atom. The summed E-state index contributed by atoms with van der Waals surface area (Å²) in [6, 6.07) is 6.87. The number of nitrogens with zero attached hydrogens (tertiary/aromatic N) is 1. The predicted molar refractivity (Wildman–Crippen MR) is 114 cm³/mol. The van der Waals surface area contributed by atoms with Crippen LogP contribution < -0.4 is 5.73 Å². The van der Waals surface area contributed by atoms with Crippen LogP contribution in [-0.4, -0.2) is 32.9 Å². The lowest BCUT2D eigenvalue weighted by atomic mass is 9.81. The van der Waals surface area contributed by atoms with Gasteiger partial charge in [0.25, 0.3) is 0 Å². The van der Waals surface area contributed by atoms with Crippen molar-refractivity contribution in [3.05, 3.63) is 62.5 Å². The van der Waals surface area contributed by atoms with Crippen LogP contribution in [0.2, 0.25) is 0 Å². The van der Waals surface area contributed by atoms with Crippen molar-refractivity contribution in [3.8, 4) is 22.4 Å². The Bertz CT molecular complexity index is 1180. The molecule has 0 saturated carbocycles. The number of aryl methyl sites for hydroxylation is 1. The van der Waals surface area contributed by atoms with Crippen molar-refractivity contribution in [1.29, 1.82) is 0 Å². The third-order valence-electron chi connectivity index (χ3n) is 4.88. The van der Waals surface area contributed by atoms with Gasteiger partial charge < -0.3 is 15.9 Å². The summed E-state index contributed by atoms with van der Waals surface area (Å²) in [6.07, 6.45) is 0. The number of thiazole rings is 1. The Kier molecular flexibility index (Phi) is 5.82. The summed E-state index contributed by atoms with van der Waals surface area (Å²) in [5.41, 5.74) is 7.21. The Morgan fingerprint density at radius 2 is 1.57 bits per heavy atom. The smallest absolute Gasteiger partial charge is 0.337 e. The second-order valence-electron chi connectivity index (χ2n) is 6.82. The molecule has 30 heavy (non-hydrogen) atoms. The lowest BCUT2D eigenvalue weighted by molar-refractivity contribution is 0.0695. The summed E-state index contributed by atoms with van der Waals surface area (Å²) >= 11 is 1.29. The van der Waals surface area contributed by atoms with E-state index in [0.717, 1.165) is 5.56 Å². The van der Waals surface area contributed by atoms with Crippen molar-refractivity contribution < 1.29 is 24.6 Å². The van der Waals surface area contributed by atoms with Crippen LogP contribution in [-0.2, 0) is 6.54 Å². The quantitative estimate of drug-likeness (QED) is 0.507. The van der Waals surface area contributed by atoms with Crippen LogP contribution in [0.15, 0.2) is 29.6 Å². The van der Waals surface area contributed by atoms with Gasteiger partial charge in [-0.05, 0) is 37.5 Å². The minimum Gasteiger partial charge on any atom is -0.478 e. The van der Waals surface area contributed by atoms with Crippen LogP contribution in [0.3, 0.4) is 0 Å². The van der Waals surface area contributed by atoms with Gasteiger partial charge >= 0.3 is 11.9 Å². The number of rotatable bonds is 6. The molecule has 8 heteroatoms. The molecule has 4 N–H and O–H groups in total. The van der Waals surface area contributed by atoms with E-state index in [1.807, 2.05) is 0 Å². The molecule has 0 atom stereocenters. The van der Waals surface area contributed by atoms with Crippen molar-refractivity contribution in [2.75, 3.05) is 0 Å². The van der Waals surface area contributed by atoms with Crippen LogP contribution in [0.5, 0.6) is 0 Å². The molecule has 0 spiro atoms. The molecule has 1 aromatic heterocycles. The molecule has 0 bridgehead atoms. The van der Waals surface area contributed by atoms with E-state index in [1.54, 1.807) is 36.6 Å². The maximum atomic E-state index is 12.6. The third kappa shape index (κ3) is 3.62. The zero-order valence-corrected chi connectivity index (χ0v) is 17.5. The number of aromatic carboxylic acids is 2. The van der Waals surface area contributed by atoms with E-state index in [9.17, 15) is 24.6 Å². The SMILES string of the molecule is CC(=O)c1c(C)c(C(=O)O)c(-c2csc(C)n2)c(C(=O)O)c1-c1ccc(CN)cc1. The number of carbonyl (C=O) groups excluding carboxylic acids is 1. The number of aromatic nitrogens is 1. The second kappa shape index (κ2) is 8.17. The van der Waals surface area contributed by atoms with Crippen LogP contribution >= 0.6 is 11.3 Å². The van der Waals surface area contributed by atoms with Crippen molar-refractivity contribution in [3.63, 3.8) is 0 Å². The van der Waals surface area contributed by atoms with Crippen molar-refractivity contribution >= 4 is 29.1 Å². The molecule has 3 aromatic rings. The maximum Gasteiger partial charge on any atom is 0.337 e. The average Bonchev–Trinajstić information content (AvgIpc) is 3.12. The molecule has 1 heterocycles. The lowest BCUT2D eigenvalue weighted by Crippen LogP contribution is -2.16. The van der Waals surface area contributed by atoms with Crippen molar-refractivity contribution in [1.82, 2.24) is 4.98 Å². The molecule has 3 rings (SSSR count). The van der Waals surface area contributed by atoms with E-state index < -0.39 is 17.7 Å². The standard InChI is InChI=1S/C22H20N2O5S/c1-10-16(11(2)25)18(14-6-4-13(8-23)5-7-14)20(22(28)29)19(17(10)21(26)27)15-9-30-12(3)24-15/h4-7,9H,8,23H2,1-3H3,(H,26,27)(H,28,29). The van der Waals surface area contributed by atoms with Crippen molar-refractivity contribution in [2.24, 2.45) is 5.73 Å². The Labute approximate surface area is 176 Å². The highest BCUT2D eigenvalue weighted by Crippen LogP contribution is 2.41. The van der Waals surface area contributed by atoms with Crippen LogP contribution in [0.1, 0.15) is 54.1 Å². The number of hydrogen-bond donors (Lipinski definition) is 3. The van der Waals surface area contributed by atoms with E-state index in [0.29, 0.717) is 17.1 Å². The first-order valence-corrected chi connectivity index (χ1v) is 9.95. The lowest BCUT2D eigenvalue weighted by Gasteiger charge is -2.20. The zero-order valence-electron chi connectivity index (χ0n) is 16.6. The zero-order chi connectivity index (χ0) is 22.2. The summed E-state index contributed by atoms with van der Waals surface area (Å²) in [5.74, 6) is -3.07. The molecule has 2 aromatic carbocycles. The summed E-state index contributed by atoms with van der Waals surface area (Å²) in [4.78, 5) is 41.5. The molecular formula is C22H20N2O5S. The van der Waals surface area contributed by atoms with E-state index in [-0.39, 0.29) is 39.1 Å². The number of carboxylic acids is 2. The monoisotopic (exact) mass is 424 g/mol. The number of carboxylic acid groups (broad SMARTS) is 2. The minimum atomic E-state index is -1.33. The van der Waals surface area contributed by atoms with Gasteiger partial charge in [-0.1, -0.05) is 24.3 Å². The van der Waals surface area contributed by atoms with Gasteiger partial charge in [-0.2, -0.15) is 0 Å². The van der Waals surface area contributed by atoms with Crippen LogP contribution in [0, 0.1) is 13.8 Å². The van der Waals surface area contributed by atoms with Gasteiger partial charge in [0.15, 0.2) is 5.78 Å². The molecule has 154 valence electrons. The van der Waals surface area contributed by atoms with E-state index >= 15 is 0 Å². The first kappa shape index (κ1) is 21.4. The number of Topliss-reactive ketones (excluding diaryl/α,β-unsaturated/α-hetero) is 1. The Hall–Kier alpha value is -3.36. The topological polar surface area (TPSA) is 131 Å². The van der Waals surface area contributed by atoms with Gasteiger partial charge in [0.2, 0.25) is 0 Å². The number of ketones is 1. The average molecular weight is 424 g/mol. The Morgan fingerprint density at radius 3 is 2.00 bits per heavy atom. The number of carbonyl (C=O) groups is 3. The summed E-state index contributed by atoms with van der Waals surface area (Å²) in [7, 11) is 0. The highest BCUT2D eigenvalue weighted by Gasteiger charge is 2.32. The van der Waals surface area contributed by atoms with Gasteiger partial charge in [-0.25, -0.2) is 14.6 Å². The van der Waals surface area contributed by atoms with Gasteiger partial charge in [-0.3, -0.25) is 4.79 Å². The molecular weight excluding hydrogens is 404 g/mol. The normalized spacial score (nSPS) is 10.8. The third-order valence-corrected chi connectivity index (χ3v) is 5.66. The largest absolute Gasteiger partial charge is 0.478 e. The fourth-order valence-electron chi connectivity index (χ4n) is 3.63. The van der Waals surface area contributed by atoms with Gasteiger partial charge in [0.1, 0.15) is 0 Å². The number of benzene rings is 2. The summed E-state index contributed by atoms with van der Waals surface area (Å²) in [5, 5.41) is 22.3. The first-order valence-electron chi connectivity index (χ1n) is 9.07. The van der Waals surface area contributed by atoms with Crippen LogP contribution in [0.25, 0.3) is 22.4 Å². The molecule has 0 radical (unpaired) electrons. The van der Waals surface area contributed by atoms with Crippen LogP contribution in [0.4, 0.5) is 0 Å². The number of nitrogens with two attached hydrogens (primary N) is 1. The maximum absolute atomic E-state index is 12.6. The molecule has 7 nitrogen and oxygen atoms in total. The van der Waals surface area contributed by atoms with Gasteiger partial charge in [0.05, 0.1) is 21.8 Å². The summed E-state index contributed by atoms with van der Waals surface area (Å²) < 4.78 is 0. The first-order chi connectivity index (χ1) is 14.2. The molecule has 0 aliphatic carbocycles. The summed E-state index contributed by atoms with van der Waals surface area (Å²) in [6.45, 7) is 4.88. The van der Waals surface area contributed by atoms with E-state index in [1.165, 1.54) is 25.2 Å². The minimum absolute atomic E-state index is 0.000230. The van der Waals surface area contributed by atoms with Gasteiger partial charge in [-0.15, -0.1) is 11.3 Å². The molecule has 0 saturated heterocycles. The molecule has 0 aliphatic heterocycles. The second-order valence-corrected chi connectivity index (χ2v) is 7.88. The highest BCUT2D eigenvalue weighted by molar-refractivity contribution is 7.09. The number of hydrogen-bond acceptors (Lipinski definition) is 6. The fourth-order valence-corrected chi connectivity index (χ4v) is 4.23.